The number of benzene rings is 1. The van der Waals surface area contributed by atoms with E-state index < -0.39 is 0 Å². The number of hydrogen-bond donors (Lipinski definition) is 3. The number of H-pyrrole nitrogens is 1. The molecule has 8 nitrogen and oxygen atoms in total. The Balaban J connectivity index is 0.00000241. The molecule has 1 aliphatic carbocycles. The highest BCUT2D eigenvalue weighted by Crippen LogP contribution is 2.51. The second kappa shape index (κ2) is 8.88. The molecule has 1 saturated heterocycles. The van der Waals surface area contributed by atoms with Gasteiger partial charge in [0.1, 0.15) is 17.2 Å². The number of aromatic amines is 1. The Bertz CT molecular complexity index is 1350. The zero-order chi connectivity index (χ0) is 22.6. The van der Waals surface area contributed by atoms with E-state index in [4.69, 9.17) is 28.1 Å². The van der Waals surface area contributed by atoms with Gasteiger partial charge in [0.05, 0.1) is 11.2 Å². The van der Waals surface area contributed by atoms with Gasteiger partial charge in [0.2, 0.25) is 0 Å². The average Bonchev–Trinajstić information content (AvgIpc) is 3.36. The molecule has 6 rings (SSSR count). The van der Waals surface area contributed by atoms with E-state index in [1.54, 1.807) is 12.3 Å². The summed E-state index contributed by atoms with van der Waals surface area (Å²) in [5, 5.41) is 8.52. The minimum atomic E-state index is 0. The van der Waals surface area contributed by atoms with Crippen molar-refractivity contribution in [2.75, 3.05) is 23.7 Å². The van der Waals surface area contributed by atoms with Crippen LogP contribution in [0.15, 0.2) is 52.6 Å². The van der Waals surface area contributed by atoms with Crippen molar-refractivity contribution in [1.82, 2.24) is 25.1 Å². The van der Waals surface area contributed by atoms with Crippen LogP contribution in [-0.4, -0.2) is 38.2 Å². The summed E-state index contributed by atoms with van der Waals surface area (Å²) in [6.07, 6.45) is 6.58. The monoisotopic (exact) mass is 514 g/mol. The van der Waals surface area contributed by atoms with E-state index in [1.807, 2.05) is 6.20 Å². The van der Waals surface area contributed by atoms with Gasteiger partial charge in [-0.15, -0.1) is 12.4 Å². The molecular formula is C23H24Cl2N8S. The van der Waals surface area contributed by atoms with Gasteiger partial charge in [0, 0.05) is 30.2 Å². The number of anilines is 2. The molecule has 0 radical (unpaired) electrons. The van der Waals surface area contributed by atoms with Gasteiger partial charge < -0.3 is 16.4 Å². The molecule has 1 spiro atoms. The predicted octanol–water partition coefficient (Wildman–Crippen LogP) is 4.40. The van der Waals surface area contributed by atoms with Gasteiger partial charge in [-0.2, -0.15) is 5.10 Å². The van der Waals surface area contributed by atoms with E-state index in [-0.39, 0.29) is 23.9 Å². The summed E-state index contributed by atoms with van der Waals surface area (Å²) in [6, 6.07) is 10.5. The maximum absolute atomic E-state index is 6.72. The SMILES string of the molecule is Cl.Nc1nccc(Sc2n[nH]c3nc(N4CCC5(CC4)Cc4ccccc4C5N)cnc23)c1Cl. The van der Waals surface area contributed by atoms with E-state index in [0.29, 0.717) is 27.0 Å². The molecule has 0 bridgehead atoms. The van der Waals surface area contributed by atoms with Crippen molar-refractivity contribution in [3.05, 3.63) is 58.9 Å². The lowest BCUT2D eigenvalue weighted by atomic mass is 9.73. The van der Waals surface area contributed by atoms with Crippen LogP contribution in [0.2, 0.25) is 5.02 Å². The minimum absolute atomic E-state index is 0. The van der Waals surface area contributed by atoms with Crippen LogP contribution in [0, 0.1) is 5.41 Å². The smallest absolute Gasteiger partial charge is 0.177 e. The third-order valence-electron chi connectivity index (χ3n) is 6.99. The van der Waals surface area contributed by atoms with Gasteiger partial charge in [-0.25, -0.2) is 15.0 Å². The maximum Gasteiger partial charge on any atom is 0.177 e. The van der Waals surface area contributed by atoms with Crippen molar-refractivity contribution < 1.29 is 0 Å². The Morgan fingerprint density at radius 3 is 2.74 bits per heavy atom. The number of halogens is 2. The first-order valence-corrected chi connectivity index (χ1v) is 12.1. The molecule has 11 heteroatoms. The summed E-state index contributed by atoms with van der Waals surface area (Å²) in [7, 11) is 0. The lowest BCUT2D eigenvalue weighted by Crippen LogP contribution is -2.44. The summed E-state index contributed by atoms with van der Waals surface area (Å²) in [4.78, 5) is 16.5. The fourth-order valence-electron chi connectivity index (χ4n) is 5.11. The van der Waals surface area contributed by atoms with Crippen LogP contribution in [0.3, 0.4) is 0 Å². The van der Waals surface area contributed by atoms with Gasteiger partial charge in [-0.05, 0) is 41.9 Å². The summed E-state index contributed by atoms with van der Waals surface area (Å²) in [6.45, 7) is 1.81. The molecule has 0 saturated carbocycles. The van der Waals surface area contributed by atoms with Crippen molar-refractivity contribution >= 4 is 58.6 Å². The quantitative estimate of drug-likeness (QED) is 0.367. The molecule has 176 valence electrons. The third-order valence-corrected chi connectivity index (χ3v) is 8.54. The maximum atomic E-state index is 6.72. The molecule has 2 aliphatic rings. The van der Waals surface area contributed by atoms with E-state index in [2.05, 4.69) is 49.3 Å². The molecule has 1 unspecified atom stereocenters. The van der Waals surface area contributed by atoms with Gasteiger partial charge >= 0.3 is 0 Å². The summed E-state index contributed by atoms with van der Waals surface area (Å²) >= 11 is 7.67. The fourth-order valence-corrected chi connectivity index (χ4v) is 6.20. The van der Waals surface area contributed by atoms with Crippen molar-refractivity contribution in [3.63, 3.8) is 0 Å². The molecule has 1 aromatic carbocycles. The summed E-state index contributed by atoms with van der Waals surface area (Å²) in [5.74, 6) is 1.15. The topological polar surface area (TPSA) is 123 Å². The zero-order valence-electron chi connectivity index (χ0n) is 18.2. The Labute approximate surface area is 212 Å². The zero-order valence-corrected chi connectivity index (χ0v) is 20.6. The fraction of sp³-hybridized carbons (Fsp3) is 0.304. The van der Waals surface area contributed by atoms with Crippen LogP contribution in [0.4, 0.5) is 11.6 Å². The Kier molecular flexibility index (Phi) is 6.05. The van der Waals surface area contributed by atoms with Gasteiger partial charge in [-0.3, -0.25) is 5.10 Å². The number of nitrogens with one attached hydrogen (secondary N) is 1. The summed E-state index contributed by atoms with van der Waals surface area (Å²) < 4.78 is 0. The standard InChI is InChI=1S/C23H23ClN8S.ClH/c24-17-15(5-8-27-20(17)26)33-22-18-21(30-31-22)29-16(12-28-18)32-9-6-23(7-10-32)11-13-3-1-2-4-14(13)19(23)25;/h1-5,8,12,19H,6-7,9-11,25H2,(H2,26,27)(H,29,30,31);1H. The number of pyridine rings is 1. The van der Waals surface area contributed by atoms with Gasteiger partial charge in [0.15, 0.2) is 10.7 Å². The molecule has 1 fully saturated rings. The minimum Gasteiger partial charge on any atom is -0.382 e. The largest absolute Gasteiger partial charge is 0.382 e. The van der Waals surface area contributed by atoms with Crippen LogP contribution in [0.25, 0.3) is 11.2 Å². The molecule has 3 aromatic heterocycles. The molecule has 4 aromatic rings. The Hall–Kier alpha value is -2.59. The number of hydrogen-bond acceptors (Lipinski definition) is 8. The number of aromatic nitrogens is 5. The average molecular weight is 515 g/mol. The van der Waals surface area contributed by atoms with Crippen LogP contribution in [0.1, 0.15) is 30.0 Å². The highest BCUT2D eigenvalue weighted by molar-refractivity contribution is 7.99. The first-order chi connectivity index (χ1) is 16.0. The van der Waals surface area contributed by atoms with Crippen LogP contribution >= 0.6 is 35.8 Å². The first kappa shape index (κ1) is 23.2. The number of nitrogens with two attached hydrogens (primary N) is 2. The van der Waals surface area contributed by atoms with E-state index >= 15 is 0 Å². The molecule has 1 aliphatic heterocycles. The summed E-state index contributed by atoms with van der Waals surface area (Å²) in [5.41, 5.74) is 16.7. The molecule has 1 atom stereocenters. The van der Waals surface area contributed by atoms with Crippen LogP contribution in [-0.2, 0) is 6.42 Å². The number of nitrogen functional groups attached to an aromatic ring is 1. The lowest BCUT2D eigenvalue weighted by Gasteiger charge is -2.42. The molecule has 4 heterocycles. The number of fused-ring (bicyclic) bond motifs is 2. The third kappa shape index (κ3) is 3.76. The first-order valence-electron chi connectivity index (χ1n) is 10.9. The molecule has 0 amide bonds. The van der Waals surface area contributed by atoms with E-state index in [9.17, 15) is 0 Å². The van der Waals surface area contributed by atoms with E-state index in [1.165, 1.54) is 22.9 Å². The highest BCUT2D eigenvalue weighted by Gasteiger charge is 2.45. The van der Waals surface area contributed by atoms with Crippen LogP contribution in [0.5, 0.6) is 0 Å². The lowest BCUT2D eigenvalue weighted by molar-refractivity contribution is 0.187. The number of piperidine rings is 1. The second-order valence-electron chi connectivity index (χ2n) is 8.77. The highest BCUT2D eigenvalue weighted by atomic mass is 35.5. The van der Waals surface area contributed by atoms with Gasteiger partial charge in [0.25, 0.3) is 0 Å². The second-order valence-corrected chi connectivity index (χ2v) is 10.2. The Morgan fingerprint density at radius 2 is 1.94 bits per heavy atom. The number of nitrogens with zero attached hydrogens (tertiary/aromatic N) is 5. The van der Waals surface area contributed by atoms with Crippen molar-refractivity contribution in [2.24, 2.45) is 11.1 Å². The molecule has 5 N–H and O–H groups in total. The van der Waals surface area contributed by atoms with Crippen molar-refractivity contribution in [2.45, 2.75) is 35.2 Å². The van der Waals surface area contributed by atoms with Crippen molar-refractivity contribution in [3.8, 4) is 0 Å². The predicted molar refractivity (Wildman–Crippen MR) is 138 cm³/mol. The van der Waals surface area contributed by atoms with E-state index in [0.717, 1.165) is 43.1 Å². The number of rotatable bonds is 3. The van der Waals surface area contributed by atoms with Crippen LogP contribution < -0.4 is 16.4 Å². The van der Waals surface area contributed by atoms with Crippen molar-refractivity contribution in [1.29, 1.82) is 0 Å². The Morgan fingerprint density at radius 1 is 1.15 bits per heavy atom. The molecular weight excluding hydrogens is 491 g/mol. The molecule has 34 heavy (non-hydrogen) atoms. The normalized spacial score (nSPS) is 18.8. The van der Waals surface area contributed by atoms with Gasteiger partial charge in [-0.1, -0.05) is 47.6 Å².